The average Bonchev–Trinajstić information content (AvgIpc) is 3.79. The van der Waals surface area contributed by atoms with Crippen LogP contribution in [-0.2, 0) is 30.4 Å². The molecule has 9 atom stereocenters. The number of benzene rings is 2. The number of aliphatic hydroxyl groups is 4. The summed E-state index contributed by atoms with van der Waals surface area (Å²) in [4.78, 5) is 18.3. The van der Waals surface area contributed by atoms with E-state index in [9.17, 15) is 25.2 Å². The lowest BCUT2D eigenvalue weighted by molar-refractivity contribution is -0.155. The number of oxime groups is 1. The zero-order valence-corrected chi connectivity index (χ0v) is 24.6. The van der Waals surface area contributed by atoms with Gasteiger partial charge >= 0.3 is 0 Å². The number of hydrogen-bond acceptors (Lipinski definition) is 13. The molecule has 45 heavy (non-hydrogen) atoms. The van der Waals surface area contributed by atoms with E-state index < -0.39 is 61.0 Å². The Kier molecular flexibility index (Phi) is 9.23. The maximum absolute atomic E-state index is 12.8. The molecule has 3 aliphatic heterocycles. The Morgan fingerprint density at radius 1 is 0.956 bits per heavy atom. The second kappa shape index (κ2) is 13.3. The van der Waals surface area contributed by atoms with E-state index in [1.807, 2.05) is 18.2 Å². The molecule has 0 aromatic heterocycles. The van der Waals surface area contributed by atoms with E-state index in [0.29, 0.717) is 34.1 Å². The van der Waals surface area contributed by atoms with Crippen molar-refractivity contribution < 1.29 is 58.5 Å². The largest absolute Gasteiger partial charge is 0.465 e. The molecule has 3 fully saturated rings. The van der Waals surface area contributed by atoms with Crippen molar-refractivity contribution in [2.45, 2.75) is 81.9 Å². The van der Waals surface area contributed by atoms with Crippen LogP contribution in [0.4, 0.5) is 0 Å². The Balaban J connectivity index is 0.991. The summed E-state index contributed by atoms with van der Waals surface area (Å²) in [6.07, 6.45) is -6.13. The molecule has 1 saturated carbocycles. The molecular formula is C31H36N2O12. The third kappa shape index (κ3) is 6.77. The maximum atomic E-state index is 12.8. The summed E-state index contributed by atoms with van der Waals surface area (Å²) in [7, 11) is 0. The van der Waals surface area contributed by atoms with Crippen molar-refractivity contribution in [2.24, 2.45) is 5.16 Å². The molecule has 4 aliphatic rings. The fourth-order valence-electron chi connectivity index (χ4n) is 5.71. The molecule has 5 N–H and O–H groups in total. The number of aliphatic hydroxyl groups excluding tert-OH is 4. The van der Waals surface area contributed by atoms with E-state index in [1.165, 1.54) is 0 Å². The van der Waals surface area contributed by atoms with E-state index in [1.54, 1.807) is 44.2 Å². The molecule has 0 radical (unpaired) electrons. The lowest BCUT2D eigenvalue weighted by Gasteiger charge is -2.41. The van der Waals surface area contributed by atoms with Gasteiger partial charge in [0.15, 0.2) is 11.5 Å². The van der Waals surface area contributed by atoms with Crippen LogP contribution in [0.5, 0.6) is 17.2 Å². The number of ether oxygens (including phenoxy) is 6. The monoisotopic (exact) mass is 628 g/mol. The van der Waals surface area contributed by atoms with Crippen molar-refractivity contribution in [2.75, 3.05) is 13.6 Å². The fourth-order valence-corrected chi connectivity index (χ4v) is 5.71. The third-order valence-electron chi connectivity index (χ3n) is 8.16. The van der Waals surface area contributed by atoms with Gasteiger partial charge in [-0.3, -0.25) is 4.79 Å². The van der Waals surface area contributed by atoms with Crippen molar-refractivity contribution in [3.63, 3.8) is 0 Å². The number of nitrogens with zero attached hydrogens (tertiary/aromatic N) is 1. The molecule has 0 bridgehead atoms. The van der Waals surface area contributed by atoms with E-state index in [-0.39, 0.29) is 26.6 Å². The Morgan fingerprint density at radius 2 is 1.69 bits per heavy atom. The first-order valence-electron chi connectivity index (χ1n) is 14.6. The summed E-state index contributed by atoms with van der Waals surface area (Å²) in [5.74, 6) is 1.31. The van der Waals surface area contributed by atoms with Crippen molar-refractivity contribution >= 4 is 17.7 Å². The van der Waals surface area contributed by atoms with Crippen LogP contribution in [-0.4, -0.2) is 101 Å². The Bertz CT molecular complexity index is 1430. The lowest BCUT2D eigenvalue weighted by atomic mass is 9.83. The van der Waals surface area contributed by atoms with E-state index in [0.717, 1.165) is 5.56 Å². The Hall–Kier alpha value is -3.76. The molecule has 1 amide bonds. The normalized spacial score (nSPS) is 32.7. The molecule has 14 heteroatoms. The first-order chi connectivity index (χ1) is 21.7. The summed E-state index contributed by atoms with van der Waals surface area (Å²) in [5.41, 5.74) is 2.33. The first-order valence-corrected chi connectivity index (χ1v) is 14.6. The Morgan fingerprint density at radius 3 is 2.47 bits per heavy atom. The minimum absolute atomic E-state index is 0.115. The fraction of sp³-hybridized carbons (Fsp3) is 0.484. The quantitative estimate of drug-likeness (QED) is 0.148. The van der Waals surface area contributed by atoms with Gasteiger partial charge in [-0.1, -0.05) is 23.4 Å². The highest BCUT2D eigenvalue weighted by Crippen LogP contribution is 2.33. The number of fused-ring (bicyclic) bond motifs is 2. The molecule has 0 spiro atoms. The van der Waals surface area contributed by atoms with Gasteiger partial charge in [0.05, 0.1) is 17.9 Å². The Labute approximate surface area is 258 Å². The number of rotatable bonds is 9. The molecule has 6 rings (SSSR count). The summed E-state index contributed by atoms with van der Waals surface area (Å²) in [5, 5.41) is 48.6. The number of nitrogens with one attached hydrogen (secondary N) is 1. The third-order valence-corrected chi connectivity index (χ3v) is 8.16. The molecule has 14 nitrogen and oxygen atoms in total. The molecule has 0 unspecified atom stereocenters. The molecule has 2 aromatic rings. The van der Waals surface area contributed by atoms with Crippen molar-refractivity contribution in [1.29, 1.82) is 0 Å². The molecule has 1 aliphatic carbocycles. The number of amides is 1. The summed E-state index contributed by atoms with van der Waals surface area (Å²) >= 11 is 0. The smallest absolute Gasteiger partial charge is 0.247 e. The van der Waals surface area contributed by atoms with Crippen molar-refractivity contribution in [3.05, 3.63) is 59.2 Å². The summed E-state index contributed by atoms with van der Waals surface area (Å²) in [6, 6.07) is 11.2. The second-order valence-corrected chi connectivity index (χ2v) is 11.3. The standard InChI is InChI=1S/C31H36N2O12/c1-15(31(38)32-24-25(35)27(37)30-29(26(24)36)41-14-42-30)9-17-3-6-19(7-4-17)44-23-11-20(34)28(45-23)16(2)33-43-12-18-5-8-21-22(10-18)40-13-39-21/h3-10,20,23-30,34-37H,11-14H2,1-2H3,(H,32,38)/t20-,23+,24+,25-,26+,27+,28+,29-,30+/m0/s1. The van der Waals surface area contributed by atoms with Crippen molar-refractivity contribution in [3.8, 4) is 17.2 Å². The van der Waals surface area contributed by atoms with Gasteiger partial charge in [-0.05, 0) is 55.3 Å². The van der Waals surface area contributed by atoms with Gasteiger partial charge in [0.2, 0.25) is 19.0 Å². The minimum atomic E-state index is -1.43. The van der Waals surface area contributed by atoms with Gasteiger partial charge in [0.25, 0.3) is 0 Å². The topological polar surface area (TPSA) is 187 Å². The molecule has 2 saturated heterocycles. The SMILES string of the molecule is CC(=Cc1ccc(O[C@H]2C[C@H](O)[C@@H](C(C)=NOCc3ccc4c(c3)OCO4)O2)cc1)C(=O)N[C@@H]1[C@H](O)[C@@H](O)[C@H]2OCO[C@H]2[C@@H]1O. The number of carbonyl (C=O) groups excluding carboxylic acids is 1. The minimum Gasteiger partial charge on any atom is -0.465 e. The maximum Gasteiger partial charge on any atom is 0.247 e. The highest BCUT2D eigenvalue weighted by molar-refractivity contribution is 5.97. The molecule has 3 heterocycles. The zero-order valence-electron chi connectivity index (χ0n) is 24.6. The highest BCUT2D eigenvalue weighted by atomic mass is 16.7. The van der Waals surface area contributed by atoms with Gasteiger partial charge < -0.3 is 59.0 Å². The lowest BCUT2D eigenvalue weighted by Crippen LogP contribution is -2.67. The number of carbonyl (C=O) groups is 1. The van der Waals surface area contributed by atoms with E-state index in [4.69, 9.17) is 33.3 Å². The van der Waals surface area contributed by atoms with Gasteiger partial charge in [0, 0.05) is 12.0 Å². The van der Waals surface area contributed by atoms with Gasteiger partial charge in [-0.25, -0.2) is 0 Å². The van der Waals surface area contributed by atoms with Gasteiger partial charge in [-0.2, -0.15) is 0 Å². The van der Waals surface area contributed by atoms with Crippen LogP contribution >= 0.6 is 0 Å². The highest BCUT2D eigenvalue weighted by Gasteiger charge is 2.53. The zero-order chi connectivity index (χ0) is 31.7. The van der Waals surface area contributed by atoms with Crippen LogP contribution in [0.1, 0.15) is 31.4 Å². The first kappa shape index (κ1) is 31.2. The van der Waals surface area contributed by atoms with Crippen LogP contribution in [0.3, 0.4) is 0 Å². The predicted molar refractivity (Wildman–Crippen MR) is 155 cm³/mol. The van der Waals surface area contributed by atoms with Crippen LogP contribution in [0, 0.1) is 0 Å². The van der Waals surface area contributed by atoms with Crippen LogP contribution in [0.2, 0.25) is 0 Å². The van der Waals surface area contributed by atoms with Crippen LogP contribution in [0.15, 0.2) is 53.2 Å². The molecule has 2 aromatic carbocycles. The summed E-state index contributed by atoms with van der Waals surface area (Å²) in [6.45, 7) is 3.58. The van der Waals surface area contributed by atoms with E-state index in [2.05, 4.69) is 10.5 Å². The second-order valence-electron chi connectivity index (χ2n) is 11.3. The van der Waals surface area contributed by atoms with Gasteiger partial charge in [0.1, 0.15) is 55.8 Å². The van der Waals surface area contributed by atoms with E-state index >= 15 is 0 Å². The van der Waals surface area contributed by atoms with Gasteiger partial charge in [-0.15, -0.1) is 0 Å². The van der Waals surface area contributed by atoms with Crippen LogP contribution in [0.25, 0.3) is 6.08 Å². The van der Waals surface area contributed by atoms with Crippen LogP contribution < -0.4 is 19.5 Å². The predicted octanol–water partition coefficient (Wildman–Crippen LogP) is 0.589. The number of hydrogen-bond donors (Lipinski definition) is 5. The molecule has 242 valence electrons. The van der Waals surface area contributed by atoms with Crippen molar-refractivity contribution in [1.82, 2.24) is 5.32 Å². The average molecular weight is 629 g/mol. The summed E-state index contributed by atoms with van der Waals surface area (Å²) < 4.78 is 33.0. The molecular weight excluding hydrogens is 592 g/mol.